The third kappa shape index (κ3) is 3.21. The van der Waals surface area contributed by atoms with Gasteiger partial charge in [0.1, 0.15) is 10.7 Å². The van der Waals surface area contributed by atoms with Crippen LogP contribution >= 0.6 is 11.3 Å². The van der Waals surface area contributed by atoms with E-state index < -0.39 is 0 Å². The molecule has 1 N–H and O–H groups in total. The van der Waals surface area contributed by atoms with E-state index in [4.69, 9.17) is 5.10 Å². The van der Waals surface area contributed by atoms with Crippen LogP contribution < -0.4 is 0 Å². The first-order valence-electron chi connectivity index (χ1n) is 9.84. The number of nitrogens with one attached hydrogen (secondary N) is 1. The number of hydrogen-bond donors (Lipinski definition) is 1. The Morgan fingerprint density at radius 3 is 2.06 bits per heavy atom. The van der Waals surface area contributed by atoms with Crippen molar-refractivity contribution in [3.8, 4) is 44.5 Å². The van der Waals surface area contributed by atoms with Gasteiger partial charge in [-0.25, -0.2) is 0 Å². The highest BCUT2D eigenvalue weighted by molar-refractivity contribution is 7.19. The Labute approximate surface area is 181 Å². The van der Waals surface area contributed by atoms with E-state index in [0.29, 0.717) is 5.82 Å². The van der Waals surface area contributed by atoms with Gasteiger partial charge in [0.05, 0.1) is 5.69 Å². The average molecular weight is 421 g/mol. The van der Waals surface area contributed by atoms with Gasteiger partial charge in [-0.05, 0) is 17.2 Å². The predicted octanol–water partition coefficient (Wildman–Crippen LogP) is 5.58. The molecule has 6 rings (SSSR count). The van der Waals surface area contributed by atoms with Crippen molar-refractivity contribution in [2.45, 2.75) is 0 Å². The van der Waals surface area contributed by atoms with E-state index in [1.807, 2.05) is 54.6 Å². The van der Waals surface area contributed by atoms with Crippen molar-refractivity contribution in [1.29, 1.82) is 0 Å². The van der Waals surface area contributed by atoms with Crippen LogP contribution in [0, 0.1) is 0 Å². The van der Waals surface area contributed by atoms with E-state index in [-0.39, 0.29) is 0 Å². The molecule has 0 spiro atoms. The highest BCUT2D eigenvalue weighted by Crippen LogP contribution is 2.30. The summed E-state index contributed by atoms with van der Waals surface area (Å²) < 4.78 is 1.77. The van der Waals surface area contributed by atoms with Gasteiger partial charge in [-0.3, -0.25) is 5.10 Å². The summed E-state index contributed by atoms with van der Waals surface area (Å²) in [5.74, 6) is 0.646. The second-order valence-electron chi connectivity index (χ2n) is 7.10. The van der Waals surface area contributed by atoms with Crippen molar-refractivity contribution in [2.24, 2.45) is 0 Å². The second kappa shape index (κ2) is 7.30. The van der Waals surface area contributed by atoms with Crippen LogP contribution in [0.4, 0.5) is 0 Å². The molecule has 7 heteroatoms. The minimum Gasteiger partial charge on any atom is -0.274 e. The molecule has 0 saturated heterocycles. The van der Waals surface area contributed by atoms with Crippen molar-refractivity contribution in [1.82, 2.24) is 30.0 Å². The number of H-pyrrole nitrogens is 1. The smallest absolute Gasteiger partial charge is 0.235 e. The molecule has 0 aliphatic rings. The van der Waals surface area contributed by atoms with Gasteiger partial charge in [-0.2, -0.15) is 14.7 Å². The molecule has 0 aliphatic carbocycles. The normalized spacial score (nSPS) is 11.2. The summed E-state index contributed by atoms with van der Waals surface area (Å²) in [7, 11) is 0. The zero-order chi connectivity index (χ0) is 20.6. The molecule has 0 radical (unpaired) electrons. The fourth-order valence-electron chi connectivity index (χ4n) is 3.53. The molecule has 0 aliphatic heterocycles. The van der Waals surface area contributed by atoms with Crippen molar-refractivity contribution in [3.63, 3.8) is 0 Å². The zero-order valence-electron chi connectivity index (χ0n) is 16.3. The summed E-state index contributed by atoms with van der Waals surface area (Å²) in [4.78, 5) is 0.744. The van der Waals surface area contributed by atoms with Crippen LogP contribution in [-0.2, 0) is 0 Å². The van der Waals surface area contributed by atoms with E-state index in [1.165, 1.54) is 22.5 Å². The van der Waals surface area contributed by atoms with Gasteiger partial charge in [0.2, 0.25) is 10.8 Å². The summed E-state index contributed by atoms with van der Waals surface area (Å²) in [5.41, 5.74) is 6.11. The number of nitrogens with zero attached hydrogens (tertiary/aromatic N) is 5. The first-order chi connectivity index (χ1) is 15.3. The standard InChI is InChI=1S/C24H16N6S/c1-3-7-16(8-4-1)17-11-13-19(14-12-17)23-29-30-22(27-28-24(30)31-23)21-15-20(25-26-21)18-9-5-2-6-10-18/h1-15H,(H,25,26). The van der Waals surface area contributed by atoms with Crippen LogP contribution in [-0.4, -0.2) is 30.0 Å². The fraction of sp³-hybridized carbons (Fsp3) is 0. The lowest BCUT2D eigenvalue weighted by atomic mass is 10.0. The number of aromatic nitrogens is 6. The lowest BCUT2D eigenvalue weighted by molar-refractivity contribution is 0.955. The molecule has 0 fully saturated rings. The third-order valence-electron chi connectivity index (χ3n) is 5.12. The lowest BCUT2D eigenvalue weighted by Crippen LogP contribution is -1.91. The Morgan fingerprint density at radius 1 is 0.677 bits per heavy atom. The number of hydrogen-bond acceptors (Lipinski definition) is 5. The number of aromatic amines is 1. The maximum absolute atomic E-state index is 4.77. The maximum atomic E-state index is 4.77. The molecule has 6 nitrogen and oxygen atoms in total. The van der Waals surface area contributed by atoms with E-state index >= 15 is 0 Å². The van der Waals surface area contributed by atoms with Gasteiger partial charge in [0, 0.05) is 11.1 Å². The summed E-state index contributed by atoms with van der Waals surface area (Å²) in [6.07, 6.45) is 0. The molecule has 0 unspecified atom stereocenters. The van der Waals surface area contributed by atoms with Crippen LogP contribution in [0.25, 0.3) is 49.4 Å². The Bertz CT molecular complexity index is 1460. The highest BCUT2D eigenvalue weighted by Gasteiger charge is 2.17. The number of rotatable bonds is 4. The van der Waals surface area contributed by atoms with Gasteiger partial charge >= 0.3 is 0 Å². The first kappa shape index (κ1) is 17.7. The molecule has 0 saturated carbocycles. The van der Waals surface area contributed by atoms with E-state index in [2.05, 4.69) is 56.8 Å². The molecule has 0 bridgehead atoms. The molecule has 3 heterocycles. The second-order valence-corrected chi connectivity index (χ2v) is 8.06. The molecule has 6 aromatic rings. The van der Waals surface area contributed by atoms with Crippen LogP contribution in [0.15, 0.2) is 91.0 Å². The SMILES string of the molecule is c1ccc(-c2ccc(-c3nn4c(-c5cc(-c6ccccc6)n[nH]5)nnc4s3)cc2)cc1. The van der Waals surface area contributed by atoms with Crippen molar-refractivity contribution in [2.75, 3.05) is 0 Å². The van der Waals surface area contributed by atoms with Crippen LogP contribution in [0.2, 0.25) is 0 Å². The summed E-state index contributed by atoms with van der Waals surface area (Å²) in [6.45, 7) is 0. The first-order valence-corrected chi connectivity index (χ1v) is 10.7. The van der Waals surface area contributed by atoms with Crippen molar-refractivity contribution in [3.05, 3.63) is 91.0 Å². The van der Waals surface area contributed by atoms with Gasteiger partial charge < -0.3 is 0 Å². The summed E-state index contributed by atoms with van der Waals surface area (Å²) in [6, 6.07) is 30.8. The molecule has 0 atom stereocenters. The monoisotopic (exact) mass is 420 g/mol. The zero-order valence-corrected chi connectivity index (χ0v) is 17.1. The van der Waals surface area contributed by atoms with Gasteiger partial charge in [0.25, 0.3) is 0 Å². The Balaban J connectivity index is 1.34. The van der Waals surface area contributed by atoms with Crippen molar-refractivity contribution < 1.29 is 0 Å². The molecular weight excluding hydrogens is 404 g/mol. The van der Waals surface area contributed by atoms with Gasteiger partial charge in [-0.15, -0.1) is 10.2 Å². The van der Waals surface area contributed by atoms with Gasteiger partial charge in [-0.1, -0.05) is 96.3 Å². The quantitative estimate of drug-likeness (QED) is 0.404. The predicted molar refractivity (Wildman–Crippen MR) is 123 cm³/mol. The molecule has 31 heavy (non-hydrogen) atoms. The third-order valence-corrected chi connectivity index (χ3v) is 6.07. The van der Waals surface area contributed by atoms with Crippen LogP contribution in [0.1, 0.15) is 0 Å². The molecule has 3 aromatic carbocycles. The Morgan fingerprint density at radius 2 is 1.32 bits per heavy atom. The van der Waals surface area contributed by atoms with Crippen LogP contribution in [0.5, 0.6) is 0 Å². The topological polar surface area (TPSA) is 71.8 Å². The van der Waals surface area contributed by atoms with Crippen molar-refractivity contribution >= 4 is 16.3 Å². The molecule has 148 valence electrons. The Kier molecular flexibility index (Phi) is 4.18. The van der Waals surface area contributed by atoms with Gasteiger partial charge in [0.15, 0.2) is 0 Å². The average Bonchev–Trinajstić information content (AvgIpc) is 3.56. The Hall–Kier alpha value is -4.10. The van der Waals surface area contributed by atoms with Crippen LogP contribution in [0.3, 0.4) is 0 Å². The number of fused-ring (bicyclic) bond motifs is 1. The summed E-state index contributed by atoms with van der Waals surface area (Å²) >= 11 is 1.51. The van der Waals surface area contributed by atoms with E-state index in [9.17, 15) is 0 Å². The minimum absolute atomic E-state index is 0.646. The lowest BCUT2D eigenvalue weighted by Gasteiger charge is -2.02. The fourth-order valence-corrected chi connectivity index (χ4v) is 4.38. The minimum atomic E-state index is 0.646. The molecular formula is C24H16N6S. The maximum Gasteiger partial charge on any atom is 0.235 e. The molecule has 0 amide bonds. The number of benzene rings is 3. The van der Waals surface area contributed by atoms with E-state index in [1.54, 1.807) is 4.52 Å². The highest BCUT2D eigenvalue weighted by atomic mass is 32.1. The van der Waals surface area contributed by atoms with E-state index in [0.717, 1.165) is 32.5 Å². The summed E-state index contributed by atoms with van der Waals surface area (Å²) in [5, 5.41) is 21.8. The molecule has 3 aromatic heterocycles. The largest absolute Gasteiger partial charge is 0.274 e.